The van der Waals surface area contributed by atoms with Gasteiger partial charge in [-0.3, -0.25) is 4.79 Å². The molecule has 2 aromatic carbocycles. The van der Waals surface area contributed by atoms with Crippen LogP contribution in [0.5, 0.6) is 0 Å². The van der Waals surface area contributed by atoms with Crippen LogP contribution in [-0.4, -0.2) is 18.9 Å². The van der Waals surface area contributed by atoms with Gasteiger partial charge >= 0.3 is 6.03 Å². The van der Waals surface area contributed by atoms with E-state index in [1.165, 1.54) is 11.3 Å². The lowest BCUT2D eigenvalue weighted by Gasteiger charge is -2.08. The highest BCUT2D eigenvalue weighted by Gasteiger charge is 2.05. The van der Waals surface area contributed by atoms with Gasteiger partial charge in [0.25, 0.3) is 0 Å². The Morgan fingerprint density at radius 3 is 2.83 bits per heavy atom. The smallest absolute Gasteiger partial charge is 0.319 e. The average Bonchev–Trinajstić information content (AvgIpc) is 2.97. The molecule has 3 aromatic rings. The molecule has 0 atom stereocenters. The van der Waals surface area contributed by atoms with Crippen molar-refractivity contribution in [1.29, 1.82) is 0 Å². The summed E-state index contributed by atoms with van der Waals surface area (Å²) in [5, 5.41) is 6.67. The van der Waals surface area contributed by atoms with Crippen LogP contribution in [0.3, 0.4) is 0 Å². The van der Waals surface area contributed by atoms with Gasteiger partial charge in [0.15, 0.2) is 6.29 Å². The minimum Gasteiger partial charge on any atom is -0.338 e. The summed E-state index contributed by atoms with van der Waals surface area (Å²) in [7, 11) is 0. The topological polar surface area (TPSA) is 58.2 Å². The molecule has 0 saturated carbocycles. The molecule has 2 N–H and O–H groups in total. The molecule has 0 aliphatic rings. The molecular formula is C18H15BrN2O2S. The fourth-order valence-corrected chi connectivity index (χ4v) is 3.74. The van der Waals surface area contributed by atoms with Crippen LogP contribution in [0.15, 0.2) is 53.0 Å². The Morgan fingerprint density at radius 2 is 2.04 bits per heavy atom. The molecule has 0 spiro atoms. The maximum Gasteiger partial charge on any atom is 0.319 e. The zero-order chi connectivity index (χ0) is 16.9. The molecule has 0 saturated heterocycles. The lowest BCUT2D eigenvalue weighted by Crippen LogP contribution is -2.30. The first-order valence-electron chi connectivity index (χ1n) is 7.42. The van der Waals surface area contributed by atoms with Crippen LogP contribution >= 0.6 is 27.3 Å². The Balaban J connectivity index is 1.55. The Hall–Kier alpha value is -2.18. The fraction of sp³-hybridized carbons (Fsp3) is 0.111. The highest BCUT2D eigenvalue weighted by atomic mass is 79.9. The molecule has 2 amide bonds. The normalized spacial score (nSPS) is 10.5. The third-order valence-corrected chi connectivity index (χ3v) is 5.02. The lowest BCUT2D eigenvalue weighted by molar-refractivity contribution is 0.112. The number of fused-ring (bicyclic) bond motifs is 1. The van der Waals surface area contributed by atoms with E-state index in [9.17, 15) is 9.59 Å². The summed E-state index contributed by atoms with van der Waals surface area (Å²) in [6.45, 7) is 0.554. The summed E-state index contributed by atoms with van der Waals surface area (Å²) in [6, 6.07) is 15.2. The molecule has 1 heterocycles. The second-order valence-corrected chi connectivity index (χ2v) is 7.31. The molecule has 0 fully saturated rings. The number of halogens is 1. The van der Waals surface area contributed by atoms with Crippen molar-refractivity contribution < 1.29 is 9.59 Å². The van der Waals surface area contributed by atoms with Crippen molar-refractivity contribution in [2.75, 3.05) is 11.9 Å². The maximum atomic E-state index is 12.0. The molecule has 3 rings (SSSR count). The van der Waals surface area contributed by atoms with E-state index in [0.717, 1.165) is 32.8 Å². The van der Waals surface area contributed by atoms with E-state index < -0.39 is 0 Å². The quantitative estimate of drug-likeness (QED) is 0.599. The number of urea groups is 1. The SMILES string of the molecule is O=Cc1cc2ccc(NC(=O)NCCc3cccc(Br)c3)cc2s1. The van der Waals surface area contributed by atoms with Crippen molar-refractivity contribution in [2.24, 2.45) is 0 Å². The van der Waals surface area contributed by atoms with E-state index in [1.54, 1.807) is 0 Å². The number of benzene rings is 2. The molecule has 4 nitrogen and oxygen atoms in total. The largest absolute Gasteiger partial charge is 0.338 e. The predicted octanol–water partition coefficient (Wildman–Crippen LogP) is 4.84. The van der Waals surface area contributed by atoms with E-state index in [2.05, 4.69) is 26.6 Å². The molecular weight excluding hydrogens is 388 g/mol. The molecule has 0 radical (unpaired) electrons. The fourth-order valence-electron chi connectivity index (χ4n) is 2.38. The van der Waals surface area contributed by atoms with Gasteiger partial charge in [-0.2, -0.15) is 0 Å². The van der Waals surface area contributed by atoms with Crippen molar-refractivity contribution in [3.8, 4) is 0 Å². The number of aldehydes is 1. The number of hydrogen-bond acceptors (Lipinski definition) is 3. The van der Waals surface area contributed by atoms with Crippen LogP contribution in [0.25, 0.3) is 10.1 Å². The second-order valence-electron chi connectivity index (χ2n) is 5.28. The monoisotopic (exact) mass is 402 g/mol. The predicted molar refractivity (Wildman–Crippen MR) is 102 cm³/mol. The van der Waals surface area contributed by atoms with Gasteiger partial charge in [0.2, 0.25) is 0 Å². The third kappa shape index (κ3) is 4.21. The lowest BCUT2D eigenvalue weighted by atomic mass is 10.1. The van der Waals surface area contributed by atoms with Crippen molar-refractivity contribution in [3.63, 3.8) is 0 Å². The van der Waals surface area contributed by atoms with Gasteiger partial charge in [-0.15, -0.1) is 11.3 Å². The Bertz CT molecular complexity index is 892. The molecule has 0 aliphatic heterocycles. The summed E-state index contributed by atoms with van der Waals surface area (Å²) in [6.07, 6.45) is 1.60. The van der Waals surface area contributed by atoms with Crippen molar-refractivity contribution >= 4 is 55.4 Å². The maximum absolute atomic E-state index is 12.0. The van der Waals surface area contributed by atoms with Crippen LogP contribution in [0.1, 0.15) is 15.2 Å². The molecule has 24 heavy (non-hydrogen) atoms. The van der Waals surface area contributed by atoms with Gasteiger partial charge < -0.3 is 10.6 Å². The van der Waals surface area contributed by atoms with Gasteiger partial charge in [-0.1, -0.05) is 34.1 Å². The minimum absolute atomic E-state index is 0.239. The van der Waals surface area contributed by atoms with E-state index >= 15 is 0 Å². The number of nitrogens with one attached hydrogen (secondary N) is 2. The summed E-state index contributed by atoms with van der Waals surface area (Å²) in [5.74, 6) is 0. The number of rotatable bonds is 5. The number of hydrogen-bond donors (Lipinski definition) is 2. The first-order chi connectivity index (χ1) is 11.6. The zero-order valence-corrected chi connectivity index (χ0v) is 15.1. The van der Waals surface area contributed by atoms with Crippen LogP contribution in [0.4, 0.5) is 10.5 Å². The van der Waals surface area contributed by atoms with E-state index in [4.69, 9.17) is 0 Å². The Labute approximate surface area is 152 Å². The van der Waals surface area contributed by atoms with Crippen molar-refractivity contribution in [3.05, 3.63) is 63.4 Å². The number of amides is 2. The van der Waals surface area contributed by atoms with Gasteiger partial charge in [0, 0.05) is 21.4 Å². The molecule has 0 aliphatic carbocycles. The number of carbonyl (C=O) groups is 2. The summed E-state index contributed by atoms with van der Waals surface area (Å²) < 4.78 is 2.01. The van der Waals surface area contributed by atoms with E-state index in [-0.39, 0.29) is 6.03 Å². The van der Waals surface area contributed by atoms with Gasteiger partial charge in [-0.05, 0) is 47.7 Å². The Kier molecular flexibility index (Phi) is 5.27. The molecule has 0 bridgehead atoms. The second kappa shape index (κ2) is 7.59. The van der Waals surface area contributed by atoms with Crippen LogP contribution in [0, 0.1) is 0 Å². The highest BCUT2D eigenvalue weighted by Crippen LogP contribution is 2.27. The molecule has 6 heteroatoms. The number of anilines is 1. The first kappa shape index (κ1) is 16.7. The first-order valence-corrected chi connectivity index (χ1v) is 9.03. The number of thiophene rings is 1. The third-order valence-electron chi connectivity index (χ3n) is 3.50. The van der Waals surface area contributed by atoms with Crippen molar-refractivity contribution in [2.45, 2.75) is 6.42 Å². The van der Waals surface area contributed by atoms with Gasteiger partial charge in [0.05, 0.1) is 4.88 Å². The van der Waals surface area contributed by atoms with Gasteiger partial charge in [-0.25, -0.2) is 4.79 Å². The van der Waals surface area contributed by atoms with Crippen molar-refractivity contribution in [1.82, 2.24) is 5.32 Å². The summed E-state index contributed by atoms with van der Waals surface area (Å²) in [4.78, 5) is 23.5. The van der Waals surface area contributed by atoms with Crippen LogP contribution < -0.4 is 10.6 Å². The van der Waals surface area contributed by atoms with Crippen LogP contribution in [-0.2, 0) is 6.42 Å². The minimum atomic E-state index is -0.239. The van der Waals surface area contributed by atoms with Gasteiger partial charge in [0.1, 0.15) is 0 Å². The average molecular weight is 403 g/mol. The summed E-state index contributed by atoms with van der Waals surface area (Å²) >= 11 is 4.84. The number of carbonyl (C=O) groups excluding carboxylic acids is 2. The van der Waals surface area contributed by atoms with Crippen LogP contribution in [0.2, 0.25) is 0 Å². The molecule has 1 aromatic heterocycles. The summed E-state index contributed by atoms with van der Waals surface area (Å²) in [5.41, 5.74) is 1.87. The molecule has 0 unspecified atom stereocenters. The molecule has 122 valence electrons. The van der Waals surface area contributed by atoms with E-state index in [0.29, 0.717) is 17.1 Å². The standard InChI is InChI=1S/C18H15BrN2O2S/c19-14-3-1-2-12(8-14)6-7-20-18(23)21-15-5-4-13-9-16(11-22)24-17(13)10-15/h1-5,8-11H,6-7H2,(H2,20,21,23). The highest BCUT2D eigenvalue weighted by molar-refractivity contribution is 9.10. The zero-order valence-electron chi connectivity index (χ0n) is 12.7. The van der Waals surface area contributed by atoms with E-state index in [1.807, 2.05) is 48.5 Å². The Morgan fingerprint density at radius 1 is 1.17 bits per heavy atom.